The normalized spacial score (nSPS) is 55.8. The Morgan fingerprint density at radius 2 is 1.55 bits per heavy atom. The highest BCUT2D eigenvalue weighted by Crippen LogP contribution is 2.89. The number of carbonyl (C=O) groups excluding carboxylic acids is 1. The Morgan fingerprint density at radius 3 is 2.28 bits per heavy atom. The fourth-order valence-electron chi connectivity index (χ4n) is 11.0. The van der Waals surface area contributed by atoms with E-state index in [4.69, 9.17) is 0 Å². The molecule has 5 fully saturated rings. The van der Waals surface area contributed by atoms with Crippen molar-refractivity contribution in [2.75, 3.05) is 0 Å². The first kappa shape index (κ1) is 20.6. The summed E-state index contributed by atoms with van der Waals surface area (Å²) in [7, 11) is 0. The van der Waals surface area contributed by atoms with E-state index < -0.39 is 0 Å². The summed E-state index contributed by atoms with van der Waals surface area (Å²) in [4.78, 5) is 11.0. The summed E-state index contributed by atoms with van der Waals surface area (Å²) < 4.78 is 0. The molecule has 5 saturated carbocycles. The molecule has 0 saturated heterocycles. The van der Waals surface area contributed by atoms with Crippen LogP contribution in [0.15, 0.2) is 0 Å². The van der Waals surface area contributed by atoms with Gasteiger partial charge in [-0.1, -0.05) is 41.5 Å². The summed E-state index contributed by atoms with van der Waals surface area (Å²) >= 11 is 0. The summed E-state index contributed by atoms with van der Waals surface area (Å²) in [5, 5.41) is 0. The van der Waals surface area contributed by atoms with Gasteiger partial charge in [-0.25, -0.2) is 0 Å². The molecule has 5 rings (SSSR count). The largest absolute Gasteiger partial charge is 0.303 e. The molecule has 0 bridgehead atoms. The summed E-state index contributed by atoms with van der Waals surface area (Å²) in [5.74, 6) is 4.38. The Hall–Kier alpha value is -0.330. The standard InChI is InChI=1S/C28H46O/c1-19(8-7-17-29)21-12-13-26(6)23-10-9-22-24(3,4)20(2)11-14-27(22)18-28(23,27)16-15-25(21,26)5/h17,19-23H,7-16,18H2,1-6H3/t19-,20+,21-,22+,23+,25-,26+,27?,28+/m1/s1. The first-order chi connectivity index (χ1) is 13.6. The molecule has 1 nitrogen and oxygen atoms in total. The van der Waals surface area contributed by atoms with Crippen molar-refractivity contribution in [1.82, 2.24) is 0 Å². The van der Waals surface area contributed by atoms with Crippen molar-refractivity contribution in [2.45, 2.75) is 112 Å². The molecule has 0 heterocycles. The highest BCUT2D eigenvalue weighted by Gasteiger charge is 2.81. The number of fused-ring (bicyclic) bond motifs is 2. The molecule has 29 heavy (non-hydrogen) atoms. The topological polar surface area (TPSA) is 17.1 Å². The second kappa shape index (κ2) is 6.13. The Labute approximate surface area is 180 Å². The van der Waals surface area contributed by atoms with Gasteiger partial charge >= 0.3 is 0 Å². The van der Waals surface area contributed by atoms with Gasteiger partial charge in [-0.3, -0.25) is 0 Å². The molecule has 0 aliphatic heterocycles. The number of carbonyl (C=O) groups is 1. The van der Waals surface area contributed by atoms with Crippen LogP contribution >= 0.6 is 0 Å². The van der Waals surface area contributed by atoms with E-state index in [1.54, 1.807) is 6.42 Å². The van der Waals surface area contributed by atoms with Crippen LogP contribution in [0.25, 0.3) is 0 Å². The molecule has 1 unspecified atom stereocenters. The third kappa shape index (κ3) is 2.27. The van der Waals surface area contributed by atoms with Crippen molar-refractivity contribution in [3.63, 3.8) is 0 Å². The quantitative estimate of drug-likeness (QED) is 0.444. The van der Waals surface area contributed by atoms with E-state index >= 15 is 0 Å². The third-order valence-electron chi connectivity index (χ3n) is 13.2. The van der Waals surface area contributed by atoms with Crippen molar-refractivity contribution in [3.05, 3.63) is 0 Å². The number of hydrogen-bond donors (Lipinski definition) is 0. The van der Waals surface area contributed by atoms with Crippen LogP contribution in [0, 0.1) is 56.7 Å². The summed E-state index contributed by atoms with van der Waals surface area (Å²) in [6.45, 7) is 15.6. The maximum atomic E-state index is 11.0. The Morgan fingerprint density at radius 1 is 0.862 bits per heavy atom. The molecule has 0 aromatic carbocycles. The van der Waals surface area contributed by atoms with E-state index in [1.807, 2.05) is 0 Å². The number of hydrogen-bond acceptors (Lipinski definition) is 1. The van der Waals surface area contributed by atoms with Gasteiger partial charge in [0, 0.05) is 6.42 Å². The monoisotopic (exact) mass is 398 g/mol. The van der Waals surface area contributed by atoms with E-state index in [2.05, 4.69) is 41.5 Å². The lowest BCUT2D eigenvalue weighted by Crippen LogP contribution is -2.56. The molecule has 9 atom stereocenters. The van der Waals surface area contributed by atoms with E-state index in [0.29, 0.717) is 33.0 Å². The van der Waals surface area contributed by atoms with Gasteiger partial charge in [0.25, 0.3) is 0 Å². The fraction of sp³-hybridized carbons (Fsp3) is 0.964. The predicted octanol–water partition coefficient (Wildman–Crippen LogP) is 7.68. The van der Waals surface area contributed by atoms with E-state index in [9.17, 15) is 4.79 Å². The SMILES string of the molecule is C[C@H](CCC=O)[C@H]1CC[C@@]2(C)[C@@H]3CC[C@H]4C(C)(C)[C@@H](C)CCC45C[C@@]35CC[C@]12C. The lowest BCUT2D eigenvalue weighted by atomic mass is 9.41. The van der Waals surface area contributed by atoms with Gasteiger partial charge in [0.2, 0.25) is 0 Å². The molecular weight excluding hydrogens is 352 g/mol. The molecule has 2 spiro atoms. The van der Waals surface area contributed by atoms with Crippen LogP contribution in [-0.2, 0) is 4.79 Å². The van der Waals surface area contributed by atoms with Crippen LogP contribution in [0.3, 0.4) is 0 Å². The van der Waals surface area contributed by atoms with Gasteiger partial charge in [-0.2, -0.15) is 0 Å². The lowest BCUT2D eigenvalue weighted by molar-refractivity contribution is -0.149. The van der Waals surface area contributed by atoms with Crippen LogP contribution in [0.4, 0.5) is 0 Å². The Balaban J connectivity index is 1.46. The van der Waals surface area contributed by atoms with Crippen molar-refractivity contribution in [1.29, 1.82) is 0 Å². The lowest BCUT2D eigenvalue weighted by Gasteiger charge is -2.63. The first-order valence-corrected chi connectivity index (χ1v) is 13.0. The zero-order valence-electron chi connectivity index (χ0n) is 20.2. The van der Waals surface area contributed by atoms with Gasteiger partial charge in [0.15, 0.2) is 0 Å². The molecule has 0 aromatic rings. The minimum Gasteiger partial charge on any atom is -0.303 e. The Kier molecular flexibility index (Phi) is 4.35. The van der Waals surface area contributed by atoms with Gasteiger partial charge in [0.05, 0.1) is 0 Å². The molecular formula is C28H46O. The van der Waals surface area contributed by atoms with Crippen LogP contribution in [0.1, 0.15) is 112 Å². The molecule has 164 valence electrons. The number of aldehydes is 1. The summed E-state index contributed by atoms with van der Waals surface area (Å²) in [6.07, 6.45) is 16.4. The van der Waals surface area contributed by atoms with E-state index in [0.717, 1.165) is 42.8 Å². The van der Waals surface area contributed by atoms with Crippen molar-refractivity contribution in [3.8, 4) is 0 Å². The molecule has 0 radical (unpaired) electrons. The van der Waals surface area contributed by atoms with Crippen LogP contribution in [0.2, 0.25) is 0 Å². The average Bonchev–Trinajstić information content (AvgIpc) is 3.26. The van der Waals surface area contributed by atoms with Crippen LogP contribution < -0.4 is 0 Å². The second-order valence-corrected chi connectivity index (χ2v) is 13.6. The predicted molar refractivity (Wildman–Crippen MR) is 121 cm³/mol. The average molecular weight is 399 g/mol. The minimum atomic E-state index is 0.499. The van der Waals surface area contributed by atoms with Gasteiger partial charge in [0.1, 0.15) is 6.29 Å². The summed E-state index contributed by atoms with van der Waals surface area (Å²) in [5.41, 5.74) is 2.97. The van der Waals surface area contributed by atoms with E-state index in [1.165, 1.54) is 51.4 Å². The van der Waals surface area contributed by atoms with Crippen molar-refractivity contribution >= 4 is 6.29 Å². The van der Waals surface area contributed by atoms with Crippen molar-refractivity contribution in [2.24, 2.45) is 56.7 Å². The molecule has 0 N–H and O–H groups in total. The van der Waals surface area contributed by atoms with E-state index in [-0.39, 0.29) is 0 Å². The number of rotatable bonds is 4. The van der Waals surface area contributed by atoms with Gasteiger partial charge < -0.3 is 4.79 Å². The molecule has 0 aromatic heterocycles. The molecule has 5 aliphatic carbocycles. The Bertz CT molecular complexity index is 694. The second-order valence-electron chi connectivity index (χ2n) is 13.6. The highest BCUT2D eigenvalue weighted by molar-refractivity contribution is 5.49. The highest BCUT2D eigenvalue weighted by atomic mass is 16.1. The minimum absolute atomic E-state index is 0.499. The zero-order valence-corrected chi connectivity index (χ0v) is 20.2. The molecule has 0 amide bonds. The van der Waals surface area contributed by atoms with Crippen molar-refractivity contribution < 1.29 is 4.79 Å². The third-order valence-corrected chi connectivity index (χ3v) is 13.2. The first-order valence-electron chi connectivity index (χ1n) is 13.0. The smallest absolute Gasteiger partial charge is 0.120 e. The van der Waals surface area contributed by atoms with Crippen LogP contribution in [-0.4, -0.2) is 6.29 Å². The maximum Gasteiger partial charge on any atom is 0.120 e. The summed E-state index contributed by atoms with van der Waals surface area (Å²) in [6, 6.07) is 0. The molecule has 5 aliphatic rings. The fourth-order valence-corrected chi connectivity index (χ4v) is 11.0. The van der Waals surface area contributed by atoms with Gasteiger partial charge in [-0.05, 0) is 121 Å². The van der Waals surface area contributed by atoms with Gasteiger partial charge in [-0.15, -0.1) is 0 Å². The maximum absolute atomic E-state index is 11.0. The zero-order chi connectivity index (χ0) is 20.9. The molecule has 1 heteroatoms. The van der Waals surface area contributed by atoms with Crippen LogP contribution in [0.5, 0.6) is 0 Å².